The first-order valence-corrected chi connectivity index (χ1v) is 7.82. The van der Waals surface area contributed by atoms with E-state index in [0.717, 1.165) is 31.0 Å². The van der Waals surface area contributed by atoms with Crippen LogP contribution in [0.4, 0.5) is 16.2 Å². The van der Waals surface area contributed by atoms with Crippen molar-refractivity contribution in [1.29, 1.82) is 0 Å². The lowest BCUT2D eigenvalue weighted by molar-refractivity contribution is -0.114. The number of rotatable bonds is 2. The quantitative estimate of drug-likeness (QED) is 0.881. The Morgan fingerprint density at radius 2 is 1.90 bits per heavy atom. The summed E-state index contributed by atoms with van der Waals surface area (Å²) in [5.74, 6) is 1.97. The number of anilines is 2. The van der Waals surface area contributed by atoms with Gasteiger partial charge in [0, 0.05) is 37.1 Å². The molecule has 0 atom stereocenters. The molecule has 5 nitrogen and oxygen atoms in total. The highest BCUT2D eigenvalue weighted by Gasteiger charge is 2.15. The molecule has 1 saturated heterocycles. The number of urea groups is 1. The van der Waals surface area contributed by atoms with E-state index in [9.17, 15) is 9.59 Å². The van der Waals surface area contributed by atoms with Gasteiger partial charge in [-0.2, -0.15) is 11.8 Å². The molecule has 1 heterocycles. The summed E-state index contributed by atoms with van der Waals surface area (Å²) in [6.07, 6.45) is 1.03. The van der Waals surface area contributed by atoms with Gasteiger partial charge in [-0.3, -0.25) is 4.79 Å². The van der Waals surface area contributed by atoms with E-state index in [1.54, 1.807) is 18.2 Å². The zero-order valence-corrected chi connectivity index (χ0v) is 12.3. The van der Waals surface area contributed by atoms with Gasteiger partial charge in [-0.15, -0.1) is 0 Å². The number of carbonyl (C=O) groups excluding carboxylic acids is 2. The maximum absolute atomic E-state index is 12.2. The third-order valence-corrected chi connectivity index (χ3v) is 3.99. The topological polar surface area (TPSA) is 61.4 Å². The molecule has 1 fully saturated rings. The van der Waals surface area contributed by atoms with Gasteiger partial charge in [0.25, 0.3) is 0 Å². The van der Waals surface area contributed by atoms with Crippen molar-refractivity contribution >= 4 is 35.1 Å². The van der Waals surface area contributed by atoms with Crippen molar-refractivity contribution in [2.75, 3.05) is 35.2 Å². The van der Waals surface area contributed by atoms with Crippen LogP contribution in [0.5, 0.6) is 0 Å². The van der Waals surface area contributed by atoms with Crippen LogP contribution in [-0.2, 0) is 4.79 Å². The van der Waals surface area contributed by atoms with E-state index in [4.69, 9.17) is 0 Å². The van der Waals surface area contributed by atoms with Crippen molar-refractivity contribution in [3.05, 3.63) is 24.3 Å². The lowest BCUT2D eigenvalue weighted by Crippen LogP contribution is -2.36. The summed E-state index contributed by atoms with van der Waals surface area (Å²) in [6, 6.07) is 7.09. The average molecular weight is 293 g/mol. The monoisotopic (exact) mass is 293 g/mol. The molecule has 108 valence electrons. The fourth-order valence-electron chi connectivity index (χ4n) is 2.03. The summed E-state index contributed by atoms with van der Waals surface area (Å²) in [5.41, 5.74) is 1.37. The van der Waals surface area contributed by atoms with Crippen LogP contribution in [-0.4, -0.2) is 41.4 Å². The van der Waals surface area contributed by atoms with Crippen LogP contribution in [0, 0.1) is 0 Å². The predicted molar refractivity (Wildman–Crippen MR) is 83.3 cm³/mol. The van der Waals surface area contributed by atoms with Crippen molar-refractivity contribution < 1.29 is 9.59 Å². The molecule has 2 rings (SSSR count). The molecule has 0 aliphatic carbocycles. The largest absolute Gasteiger partial charge is 0.326 e. The van der Waals surface area contributed by atoms with Crippen molar-refractivity contribution in [2.45, 2.75) is 13.3 Å². The standard InChI is InChI=1S/C14H19N3O2S/c1-11(18)15-12-4-2-5-13(10-12)16-14(19)17-6-3-8-20-9-7-17/h2,4-5,10H,3,6-9H2,1H3,(H,15,18)(H,16,19). The normalized spacial score (nSPS) is 15.3. The molecule has 0 saturated carbocycles. The van der Waals surface area contributed by atoms with Gasteiger partial charge in [-0.25, -0.2) is 4.79 Å². The van der Waals surface area contributed by atoms with Crippen molar-refractivity contribution in [3.8, 4) is 0 Å². The number of hydrogen-bond donors (Lipinski definition) is 2. The molecular weight excluding hydrogens is 274 g/mol. The van der Waals surface area contributed by atoms with E-state index in [2.05, 4.69) is 10.6 Å². The fourth-order valence-corrected chi connectivity index (χ4v) is 2.92. The van der Waals surface area contributed by atoms with Gasteiger partial charge in [-0.05, 0) is 30.4 Å². The van der Waals surface area contributed by atoms with E-state index < -0.39 is 0 Å². The van der Waals surface area contributed by atoms with E-state index >= 15 is 0 Å². The van der Waals surface area contributed by atoms with Crippen LogP contribution in [0.15, 0.2) is 24.3 Å². The molecule has 0 unspecified atom stereocenters. The molecule has 1 aliphatic rings. The number of amides is 3. The molecule has 3 amide bonds. The molecule has 1 aromatic rings. The van der Waals surface area contributed by atoms with Crippen LogP contribution in [0.2, 0.25) is 0 Å². The SMILES string of the molecule is CC(=O)Nc1cccc(NC(=O)N2CCCSCC2)c1. The summed E-state index contributed by atoms with van der Waals surface area (Å²) in [5, 5.41) is 5.58. The Balaban J connectivity index is 1.97. The van der Waals surface area contributed by atoms with Crippen LogP contribution in [0.25, 0.3) is 0 Å². The van der Waals surface area contributed by atoms with Gasteiger partial charge < -0.3 is 15.5 Å². The third-order valence-electron chi connectivity index (χ3n) is 2.94. The van der Waals surface area contributed by atoms with E-state index in [-0.39, 0.29) is 11.9 Å². The highest BCUT2D eigenvalue weighted by atomic mass is 32.2. The van der Waals surface area contributed by atoms with Gasteiger partial charge >= 0.3 is 6.03 Å². The van der Waals surface area contributed by atoms with E-state index in [0.29, 0.717) is 11.4 Å². The van der Waals surface area contributed by atoms with Gasteiger partial charge in [-0.1, -0.05) is 6.07 Å². The summed E-state index contributed by atoms with van der Waals surface area (Å²) in [7, 11) is 0. The molecule has 20 heavy (non-hydrogen) atoms. The number of benzene rings is 1. The molecule has 0 bridgehead atoms. The van der Waals surface area contributed by atoms with E-state index in [1.165, 1.54) is 6.92 Å². The van der Waals surface area contributed by atoms with Crippen molar-refractivity contribution in [3.63, 3.8) is 0 Å². The Morgan fingerprint density at radius 1 is 1.15 bits per heavy atom. The smallest absolute Gasteiger partial charge is 0.321 e. The minimum atomic E-state index is -0.127. The van der Waals surface area contributed by atoms with Crippen molar-refractivity contribution in [1.82, 2.24) is 4.90 Å². The highest BCUT2D eigenvalue weighted by Crippen LogP contribution is 2.16. The zero-order chi connectivity index (χ0) is 14.4. The molecule has 0 spiro atoms. The minimum Gasteiger partial charge on any atom is -0.326 e. The lowest BCUT2D eigenvalue weighted by atomic mass is 10.2. The number of thioether (sulfide) groups is 1. The van der Waals surface area contributed by atoms with Gasteiger partial charge in [0.05, 0.1) is 0 Å². The second-order valence-corrected chi connectivity index (χ2v) is 5.87. The lowest BCUT2D eigenvalue weighted by Gasteiger charge is -2.20. The maximum Gasteiger partial charge on any atom is 0.321 e. The Kier molecular flexibility index (Phi) is 5.29. The second kappa shape index (κ2) is 7.19. The van der Waals surface area contributed by atoms with Crippen LogP contribution in [0.3, 0.4) is 0 Å². The molecule has 1 aliphatic heterocycles. The molecule has 2 N–H and O–H groups in total. The van der Waals surface area contributed by atoms with E-state index in [1.807, 2.05) is 22.7 Å². The van der Waals surface area contributed by atoms with Crippen LogP contribution in [0.1, 0.15) is 13.3 Å². The first kappa shape index (κ1) is 14.7. The maximum atomic E-state index is 12.2. The Hall–Kier alpha value is -1.69. The Bertz CT molecular complexity index is 485. The molecule has 6 heteroatoms. The second-order valence-electron chi connectivity index (χ2n) is 4.65. The Morgan fingerprint density at radius 3 is 2.65 bits per heavy atom. The number of carbonyl (C=O) groups is 2. The van der Waals surface area contributed by atoms with Crippen LogP contribution < -0.4 is 10.6 Å². The summed E-state index contributed by atoms with van der Waals surface area (Å²) in [6.45, 7) is 3.03. The highest BCUT2D eigenvalue weighted by molar-refractivity contribution is 7.99. The first-order valence-electron chi connectivity index (χ1n) is 6.66. The molecule has 0 radical (unpaired) electrons. The predicted octanol–water partition coefficient (Wildman–Crippen LogP) is 2.62. The molecule has 0 aromatic heterocycles. The average Bonchev–Trinajstić information content (AvgIpc) is 2.67. The number of nitrogens with zero attached hydrogens (tertiary/aromatic N) is 1. The van der Waals surface area contributed by atoms with Crippen molar-refractivity contribution in [2.24, 2.45) is 0 Å². The summed E-state index contributed by atoms with van der Waals surface area (Å²) in [4.78, 5) is 25.0. The minimum absolute atomic E-state index is 0.0764. The summed E-state index contributed by atoms with van der Waals surface area (Å²) < 4.78 is 0. The van der Waals surface area contributed by atoms with Gasteiger partial charge in [0.15, 0.2) is 0 Å². The van der Waals surface area contributed by atoms with Gasteiger partial charge in [0.2, 0.25) is 5.91 Å². The molecule has 1 aromatic carbocycles. The summed E-state index contributed by atoms with van der Waals surface area (Å²) >= 11 is 1.88. The molecular formula is C14H19N3O2S. The first-order chi connectivity index (χ1) is 9.65. The number of hydrogen-bond acceptors (Lipinski definition) is 3. The zero-order valence-electron chi connectivity index (χ0n) is 11.5. The van der Waals surface area contributed by atoms with Crippen LogP contribution >= 0.6 is 11.8 Å². The number of nitrogens with one attached hydrogen (secondary N) is 2. The van der Waals surface area contributed by atoms with Gasteiger partial charge in [0.1, 0.15) is 0 Å². The Labute approximate surface area is 123 Å². The third kappa shape index (κ3) is 4.45. The fraction of sp³-hybridized carbons (Fsp3) is 0.429.